The molecule has 3 rings (SSSR count). The second-order valence-corrected chi connectivity index (χ2v) is 6.73. The van der Waals surface area contributed by atoms with E-state index in [0.717, 1.165) is 4.88 Å². The molecule has 0 saturated carbocycles. The van der Waals surface area contributed by atoms with Crippen molar-refractivity contribution >= 4 is 23.2 Å². The minimum absolute atomic E-state index is 0.0463. The summed E-state index contributed by atoms with van der Waals surface area (Å²) in [5, 5.41) is 14.0. The molecule has 0 spiro atoms. The molecule has 0 radical (unpaired) electrons. The van der Waals surface area contributed by atoms with Crippen LogP contribution in [0.3, 0.4) is 0 Å². The number of rotatable bonds is 5. The molecule has 1 unspecified atom stereocenters. The zero-order valence-corrected chi connectivity index (χ0v) is 15.1. The van der Waals surface area contributed by atoms with Crippen LogP contribution in [-0.4, -0.2) is 40.1 Å². The van der Waals surface area contributed by atoms with Gasteiger partial charge in [0, 0.05) is 17.8 Å². The van der Waals surface area contributed by atoms with Crippen LogP contribution in [0.15, 0.2) is 41.6 Å². The smallest absolute Gasteiger partial charge is 0.290 e. The van der Waals surface area contributed by atoms with Crippen LogP contribution in [-0.2, 0) is 16.0 Å². The van der Waals surface area contributed by atoms with Gasteiger partial charge in [0.2, 0.25) is 11.7 Å². The number of nitrogens with zero attached hydrogens (tertiary/aromatic N) is 2. The fourth-order valence-electron chi connectivity index (χ4n) is 2.42. The number of carbonyl (C=O) groups is 2. The van der Waals surface area contributed by atoms with Crippen molar-refractivity contribution in [2.24, 2.45) is 5.92 Å². The lowest BCUT2D eigenvalue weighted by atomic mass is 10.1. The van der Waals surface area contributed by atoms with Crippen LogP contribution in [0, 0.1) is 5.92 Å². The third-order valence-corrected chi connectivity index (χ3v) is 4.69. The summed E-state index contributed by atoms with van der Waals surface area (Å²) >= 11 is 1.61. The van der Waals surface area contributed by atoms with Crippen LogP contribution in [0.2, 0.25) is 0 Å². The lowest BCUT2D eigenvalue weighted by molar-refractivity contribution is -0.124. The van der Waals surface area contributed by atoms with Gasteiger partial charge in [-0.1, -0.05) is 12.6 Å². The SMILES string of the molecule is C=C1NC(=O)C(CNC(=O)c2n[nH]c(Cc3cccs3)n2)COC1=CC. The fraction of sp³-hybridized carbons (Fsp3) is 0.294. The Kier molecular flexibility index (Phi) is 5.47. The Morgan fingerprint density at radius 2 is 2.42 bits per heavy atom. The summed E-state index contributed by atoms with van der Waals surface area (Å²) in [6.07, 6.45) is 2.32. The number of H-pyrrole nitrogens is 1. The lowest BCUT2D eigenvalue weighted by Gasteiger charge is -2.12. The Hall–Kier alpha value is -2.94. The van der Waals surface area contributed by atoms with E-state index in [0.29, 0.717) is 23.7 Å². The normalized spacial score (nSPS) is 19.0. The highest BCUT2D eigenvalue weighted by molar-refractivity contribution is 7.09. The summed E-state index contributed by atoms with van der Waals surface area (Å²) in [6.45, 7) is 5.82. The van der Waals surface area contributed by atoms with Crippen molar-refractivity contribution in [3.8, 4) is 0 Å². The highest BCUT2D eigenvalue weighted by Gasteiger charge is 2.26. The van der Waals surface area contributed by atoms with Crippen LogP contribution >= 0.6 is 11.3 Å². The maximum absolute atomic E-state index is 12.2. The maximum Gasteiger partial charge on any atom is 0.290 e. The number of thiophene rings is 1. The van der Waals surface area contributed by atoms with E-state index in [1.807, 2.05) is 17.5 Å². The Labute approximate surface area is 154 Å². The number of aromatic nitrogens is 3. The van der Waals surface area contributed by atoms with Crippen LogP contribution < -0.4 is 10.6 Å². The van der Waals surface area contributed by atoms with Gasteiger partial charge in [0.25, 0.3) is 5.91 Å². The number of hydrogen-bond acceptors (Lipinski definition) is 6. The quantitative estimate of drug-likeness (QED) is 0.733. The minimum atomic E-state index is -0.530. The highest BCUT2D eigenvalue weighted by atomic mass is 32.1. The van der Waals surface area contributed by atoms with Gasteiger partial charge in [0.1, 0.15) is 18.2 Å². The molecule has 26 heavy (non-hydrogen) atoms. The second kappa shape index (κ2) is 7.96. The molecular weight excluding hydrogens is 354 g/mol. The van der Waals surface area contributed by atoms with Crippen molar-refractivity contribution in [3.63, 3.8) is 0 Å². The van der Waals surface area contributed by atoms with E-state index in [9.17, 15) is 9.59 Å². The van der Waals surface area contributed by atoms with E-state index in [1.54, 1.807) is 24.3 Å². The van der Waals surface area contributed by atoms with Gasteiger partial charge in [-0.2, -0.15) is 0 Å². The summed E-state index contributed by atoms with van der Waals surface area (Å²) in [4.78, 5) is 29.7. The first-order valence-corrected chi connectivity index (χ1v) is 8.96. The zero-order chi connectivity index (χ0) is 18.5. The Morgan fingerprint density at radius 3 is 3.15 bits per heavy atom. The molecule has 2 aromatic heterocycles. The minimum Gasteiger partial charge on any atom is -0.491 e. The van der Waals surface area contributed by atoms with Gasteiger partial charge in [0.15, 0.2) is 0 Å². The van der Waals surface area contributed by atoms with Crippen LogP contribution in [0.4, 0.5) is 0 Å². The average Bonchev–Trinajstić information content (AvgIpc) is 3.27. The first kappa shape index (κ1) is 17.9. The van der Waals surface area contributed by atoms with E-state index in [2.05, 4.69) is 32.4 Å². The van der Waals surface area contributed by atoms with Crippen LogP contribution in [0.5, 0.6) is 0 Å². The summed E-state index contributed by atoms with van der Waals surface area (Å²) < 4.78 is 5.54. The van der Waals surface area contributed by atoms with Gasteiger partial charge >= 0.3 is 0 Å². The Morgan fingerprint density at radius 1 is 1.58 bits per heavy atom. The lowest BCUT2D eigenvalue weighted by Crippen LogP contribution is -2.39. The molecule has 9 heteroatoms. The predicted octanol–water partition coefficient (Wildman–Crippen LogP) is 1.37. The molecule has 1 aliphatic heterocycles. The fourth-order valence-corrected chi connectivity index (χ4v) is 3.13. The molecule has 3 heterocycles. The Balaban J connectivity index is 1.56. The molecule has 1 saturated heterocycles. The van der Waals surface area contributed by atoms with Crippen molar-refractivity contribution in [2.75, 3.05) is 13.2 Å². The molecule has 3 N–H and O–H groups in total. The first-order chi connectivity index (χ1) is 12.6. The third-order valence-electron chi connectivity index (χ3n) is 3.81. The number of ether oxygens (including phenoxy) is 1. The van der Waals surface area contributed by atoms with Crippen molar-refractivity contribution < 1.29 is 14.3 Å². The van der Waals surface area contributed by atoms with E-state index in [1.165, 1.54) is 0 Å². The number of hydrogen-bond donors (Lipinski definition) is 3. The molecule has 0 aliphatic carbocycles. The Bertz CT molecular complexity index is 840. The van der Waals surface area contributed by atoms with Crippen LogP contribution in [0.1, 0.15) is 28.2 Å². The van der Waals surface area contributed by atoms with Gasteiger partial charge in [-0.15, -0.1) is 16.4 Å². The molecule has 8 nitrogen and oxygen atoms in total. The van der Waals surface area contributed by atoms with Crippen molar-refractivity contribution in [3.05, 3.63) is 58.1 Å². The van der Waals surface area contributed by atoms with E-state index < -0.39 is 11.8 Å². The number of allylic oxidation sites excluding steroid dienone is 1. The molecular formula is C17H19N5O3S. The third kappa shape index (κ3) is 4.17. The number of aromatic amines is 1. The van der Waals surface area contributed by atoms with Gasteiger partial charge in [-0.05, 0) is 24.4 Å². The molecule has 0 aromatic carbocycles. The summed E-state index contributed by atoms with van der Waals surface area (Å²) in [5.41, 5.74) is 0.415. The molecule has 2 aromatic rings. The van der Waals surface area contributed by atoms with Crippen molar-refractivity contribution in [2.45, 2.75) is 13.3 Å². The van der Waals surface area contributed by atoms with Crippen molar-refractivity contribution in [1.29, 1.82) is 0 Å². The molecule has 1 fully saturated rings. The largest absolute Gasteiger partial charge is 0.491 e. The number of nitrogens with one attached hydrogen (secondary N) is 3. The molecule has 1 atom stereocenters. The van der Waals surface area contributed by atoms with Gasteiger partial charge < -0.3 is 15.4 Å². The van der Waals surface area contributed by atoms with E-state index >= 15 is 0 Å². The first-order valence-electron chi connectivity index (χ1n) is 8.08. The zero-order valence-electron chi connectivity index (χ0n) is 14.2. The van der Waals surface area contributed by atoms with Crippen molar-refractivity contribution in [1.82, 2.24) is 25.8 Å². The maximum atomic E-state index is 12.2. The van der Waals surface area contributed by atoms with Gasteiger partial charge in [-0.3, -0.25) is 14.7 Å². The number of amides is 2. The van der Waals surface area contributed by atoms with E-state index in [-0.39, 0.29) is 24.9 Å². The topological polar surface area (TPSA) is 109 Å². The van der Waals surface area contributed by atoms with Gasteiger partial charge in [0.05, 0.1) is 11.6 Å². The molecule has 0 bridgehead atoms. The molecule has 136 valence electrons. The second-order valence-electron chi connectivity index (χ2n) is 5.70. The standard InChI is InChI=1S/C17H19N5O3S/c1-3-13-10(2)19-16(23)11(9-25-13)8-18-17(24)15-20-14(21-22-15)7-12-5-4-6-26-12/h3-6,11H,2,7-9H2,1H3,(H,18,24)(H,19,23)(H,20,21,22). The number of carbonyl (C=O) groups excluding carboxylic acids is 2. The van der Waals surface area contributed by atoms with Gasteiger partial charge in [-0.25, -0.2) is 4.98 Å². The predicted molar refractivity (Wildman–Crippen MR) is 96.3 cm³/mol. The summed E-state index contributed by atoms with van der Waals surface area (Å²) in [5.74, 6) is -0.0365. The highest BCUT2D eigenvalue weighted by Crippen LogP contribution is 2.15. The molecule has 1 aliphatic rings. The van der Waals surface area contributed by atoms with E-state index in [4.69, 9.17) is 4.74 Å². The van der Waals surface area contributed by atoms with Crippen LogP contribution in [0.25, 0.3) is 0 Å². The monoisotopic (exact) mass is 373 g/mol. The summed E-state index contributed by atoms with van der Waals surface area (Å²) in [7, 11) is 0. The summed E-state index contributed by atoms with van der Waals surface area (Å²) in [6, 6.07) is 3.95. The average molecular weight is 373 g/mol. The molecule has 2 amide bonds.